The predicted octanol–water partition coefficient (Wildman–Crippen LogP) is 1.97. The van der Waals surface area contributed by atoms with Gasteiger partial charge in [-0.15, -0.1) is 0 Å². The number of carbonyl (C=O) groups is 7. The number of hydrogen-bond acceptors (Lipinski definition) is 14. The maximum absolute atomic E-state index is 14.1. The maximum Gasteiger partial charge on any atom is 0.524 e. The minimum atomic E-state index is -4.91. The molecule has 0 aliphatic carbocycles. The summed E-state index contributed by atoms with van der Waals surface area (Å²) in [6.07, 6.45) is -2.05. The minimum absolute atomic E-state index is 0.00641. The van der Waals surface area contributed by atoms with Gasteiger partial charge in [-0.3, -0.25) is 43.3 Å². The highest BCUT2D eigenvalue weighted by atomic mass is 79.9. The van der Waals surface area contributed by atoms with Crippen molar-refractivity contribution in [3.05, 3.63) is 52.0 Å². The number of nitrogens with one attached hydrogen (secondary N) is 5. The average molecular weight is 1010 g/mol. The van der Waals surface area contributed by atoms with Crippen molar-refractivity contribution >= 4 is 86.8 Å². The van der Waals surface area contributed by atoms with Crippen molar-refractivity contribution in [1.29, 1.82) is 0 Å². The third-order valence-electron chi connectivity index (χ3n) is 9.05. The van der Waals surface area contributed by atoms with Gasteiger partial charge >= 0.3 is 19.8 Å². The Hall–Kier alpha value is -4.58. The largest absolute Gasteiger partial charge is 0.524 e. The fraction of sp³-hybridized carbons (Fsp3) is 0.500. The average Bonchev–Trinajstić information content (AvgIpc) is 3.22. The number of phosphoric acid groups is 1. The summed E-state index contributed by atoms with van der Waals surface area (Å²) < 4.78 is 26.7. The molecule has 25 heteroatoms. The first kappa shape index (κ1) is 54.6. The zero-order valence-electron chi connectivity index (χ0n) is 34.9. The molecule has 63 heavy (non-hydrogen) atoms. The number of carboxylic acid groups (broad SMARTS) is 2. The Bertz CT molecular complexity index is 1940. The van der Waals surface area contributed by atoms with Gasteiger partial charge in [0.15, 0.2) is 11.5 Å². The van der Waals surface area contributed by atoms with Gasteiger partial charge in [-0.1, -0.05) is 54.0 Å². The molecule has 2 rings (SSSR count). The zero-order chi connectivity index (χ0) is 47.3. The third kappa shape index (κ3) is 19.8. The third-order valence-corrected chi connectivity index (χ3v) is 12.6. The van der Waals surface area contributed by atoms with Gasteiger partial charge in [-0.05, 0) is 64.5 Å². The van der Waals surface area contributed by atoms with Crippen LogP contribution in [0.1, 0.15) is 61.9 Å². The molecule has 2 aromatic carbocycles. The second-order valence-electron chi connectivity index (χ2n) is 13.7. The Morgan fingerprint density at radius 1 is 0.778 bits per heavy atom. The van der Waals surface area contributed by atoms with E-state index in [1.165, 1.54) is 72.2 Å². The fourth-order valence-corrected chi connectivity index (χ4v) is 8.26. The van der Waals surface area contributed by atoms with Gasteiger partial charge in [-0.2, -0.15) is 0 Å². The van der Waals surface area contributed by atoms with Gasteiger partial charge in [0.25, 0.3) is 5.91 Å². The molecule has 21 nitrogen and oxygen atoms in total. The summed E-state index contributed by atoms with van der Waals surface area (Å²) in [5.41, 5.74) is 5.83. The van der Waals surface area contributed by atoms with Crippen molar-refractivity contribution in [1.82, 2.24) is 26.6 Å². The Kier molecular flexibility index (Phi) is 23.9. The molecule has 0 aliphatic heterocycles. The van der Waals surface area contributed by atoms with Crippen LogP contribution < -0.4 is 46.3 Å². The van der Waals surface area contributed by atoms with Crippen LogP contribution >= 0.6 is 45.3 Å². The van der Waals surface area contributed by atoms with Gasteiger partial charge in [0, 0.05) is 48.3 Å². The molecule has 0 unspecified atom stereocenters. The number of benzene rings is 2. The van der Waals surface area contributed by atoms with Crippen LogP contribution in [-0.4, -0.2) is 124 Å². The van der Waals surface area contributed by atoms with Crippen molar-refractivity contribution in [3.63, 3.8) is 0 Å². The molecule has 0 aliphatic rings. The molecule has 0 spiro atoms. The lowest BCUT2D eigenvalue weighted by Crippen LogP contribution is -2.59. The van der Waals surface area contributed by atoms with Gasteiger partial charge in [-0.25, -0.2) is 4.57 Å². The van der Waals surface area contributed by atoms with E-state index in [1.807, 2.05) is 0 Å². The van der Waals surface area contributed by atoms with E-state index in [2.05, 4.69) is 47.0 Å². The van der Waals surface area contributed by atoms with Crippen LogP contribution in [0.4, 0.5) is 0 Å². The molecule has 0 heterocycles. The van der Waals surface area contributed by atoms with E-state index in [4.69, 9.17) is 15.2 Å². The van der Waals surface area contributed by atoms with E-state index < -0.39 is 105 Å². The molecule has 0 fully saturated rings. The first-order chi connectivity index (χ1) is 29.7. The highest BCUT2D eigenvalue weighted by Crippen LogP contribution is 2.37. The Balaban J connectivity index is 2.46. The van der Waals surface area contributed by atoms with Crippen LogP contribution in [0.3, 0.4) is 0 Å². The molecular weight excluding hydrogens is 955 g/mol. The van der Waals surface area contributed by atoms with Crippen molar-refractivity contribution in [2.24, 2.45) is 11.7 Å². The Morgan fingerprint density at radius 3 is 1.81 bits per heavy atom. The zero-order valence-corrected chi connectivity index (χ0v) is 39.0. The second kappa shape index (κ2) is 27.6. The van der Waals surface area contributed by atoms with E-state index in [0.29, 0.717) is 24.3 Å². The van der Waals surface area contributed by atoms with E-state index in [1.54, 1.807) is 13.8 Å². The highest BCUT2D eigenvalue weighted by Gasteiger charge is 2.34. The summed E-state index contributed by atoms with van der Waals surface area (Å²) >= 11 is 3.30. The molecule has 0 radical (unpaired) electrons. The Morgan fingerprint density at radius 2 is 1.30 bits per heavy atom. The topological polar surface area (TPSA) is 331 Å². The van der Waals surface area contributed by atoms with Crippen LogP contribution in [0.25, 0.3) is 0 Å². The smallest absolute Gasteiger partial charge is 0.493 e. The number of rotatable bonds is 29. The molecule has 0 saturated carbocycles. The summed E-state index contributed by atoms with van der Waals surface area (Å²) in [7, 11) is 0.864. The SMILES string of the molecule is CC[C@H](C)[C@H](NC(=O)[C@H](CCC(=O)O)NC(=O)[C@H](CCC(=O)O)NC(=O)[C@H](Cc1ccc(OP(=O)(O)O)cc1)NC(=O)c1cc(OC)c(OC)cc1Br)C(=O)NCCSSCCN. The predicted molar refractivity (Wildman–Crippen MR) is 237 cm³/mol. The standard InChI is InChI=1S/C38H54BrN6O15PS2/c1-5-21(2)33(38(54)41-15-17-63-62-16-14-40)45-36(52)27(11-13-32(48)49)42-35(51)26(10-12-31(46)47)43-37(53)28(18-22-6-8-23(9-7-22)60-61(55,56)57)44-34(50)24-19-29(58-3)30(59-4)20-25(24)39/h6-9,19-21,26-28,33H,5,10-18,40H2,1-4H3,(H,41,54)(H,42,51)(H,43,53)(H,44,50)(H,45,52)(H,46,47)(H,48,49)(H2,55,56,57)/t21-,26-,27-,28-,33-/m0/s1. The van der Waals surface area contributed by atoms with Crippen molar-refractivity contribution < 1.29 is 72.1 Å². The lowest BCUT2D eigenvalue weighted by atomic mass is 9.97. The number of carbonyl (C=O) groups excluding carboxylic acids is 5. The lowest BCUT2D eigenvalue weighted by Gasteiger charge is -2.28. The molecule has 5 atom stereocenters. The molecule has 5 amide bonds. The van der Waals surface area contributed by atoms with Crippen molar-refractivity contribution in [2.45, 2.75) is 76.5 Å². The number of aliphatic carboxylic acids is 2. The summed E-state index contributed by atoms with van der Waals surface area (Å²) in [6.45, 7) is 4.30. The van der Waals surface area contributed by atoms with Crippen LogP contribution in [0.15, 0.2) is 40.9 Å². The molecule has 0 bridgehead atoms. The van der Waals surface area contributed by atoms with E-state index in [-0.39, 0.29) is 40.3 Å². The molecular formula is C38H54BrN6O15PS2. The monoisotopic (exact) mass is 1010 g/mol. The first-order valence-electron chi connectivity index (χ1n) is 19.4. The normalized spacial score (nSPS) is 13.5. The quantitative estimate of drug-likeness (QED) is 0.0316. The molecule has 0 aromatic heterocycles. The fourth-order valence-electron chi connectivity index (χ4n) is 5.60. The maximum atomic E-state index is 14.1. The minimum Gasteiger partial charge on any atom is -0.493 e. The molecule has 11 N–H and O–H groups in total. The number of ether oxygens (including phenoxy) is 2. The van der Waals surface area contributed by atoms with Crippen LogP contribution in [0, 0.1) is 5.92 Å². The number of phosphoric ester groups is 1. The number of nitrogens with two attached hydrogens (primary N) is 1. The van der Waals surface area contributed by atoms with Gasteiger partial charge < -0.3 is 56.5 Å². The number of halogens is 1. The van der Waals surface area contributed by atoms with Gasteiger partial charge in [0.2, 0.25) is 23.6 Å². The van der Waals surface area contributed by atoms with Crippen LogP contribution in [0.5, 0.6) is 17.2 Å². The highest BCUT2D eigenvalue weighted by molar-refractivity contribution is 9.10. The summed E-state index contributed by atoms with van der Waals surface area (Å²) in [6, 6.07) is 2.11. The van der Waals surface area contributed by atoms with Gasteiger partial charge in [0.05, 0.1) is 19.8 Å². The lowest BCUT2D eigenvalue weighted by molar-refractivity contribution is -0.140. The summed E-state index contributed by atoms with van der Waals surface area (Å²) in [5, 5.41) is 31.8. The van der Waals surface area contributed by atoms with Crippen molar-refractivity contribution in [2.75, 3.05) is 38.8 Å². The number of amides is 5. The van der Waals surface area contributed by atoms with Gasteiger partial charge in [0.1, 0.15) is 29.9 Å². The van der Waals surface area contributed by atoms with Crippen LogP contribution in [-0.2, 0) is 39.8 Å². The first-order valence-corrected chi connectivity index (χ1v) is 24.2. The number of carboxylic acids is 2. The van der Waals surface area contributed by atoms with E-state index in [0.717, 1.165) is 5.75 Å². The van der Waals surface area contributed by atoms with E-state index in [9.17, 15) is 58.1 Å². The summed E-state index contributed by atoms with van der Waals surface area (Å²) in [4.78, 5) is 110. The number of hydrogen-bond donors (Lipinski definition) is 10. The van der Waals surface area contributed by atoms with E-state index >= 15 is 0 Å². The Labute approximate surface area is 380 Å². The molecule has 350 valence electrons. The molecule has 2 aromatic rings. The number of methoxy groups -OCH3 is 2. The summed E-state index contributed by atoms with van der Waals surface area (Å²) in [5.74, 6) is -5.83. The molecule has 0 saturated heterocycles. The van der Waals surface area contributed by atoms with Crippen LogP contribution in [0.2, 0.25) is 0 Å². The second-order valence-corrected chi connectivity index (χ2v) is 18.4. The van der Waals surface area contributed by atoms with Crippen molar-refractivity contribution in [3.8, 4) is 17.2 Å².